The fourth-order valence-corrected chi connectivity index (χ4v) is 9.13. The van der Waals surface area contributed by atoms with E-state index in [9.17, 15) is 0 Å². The van der Waals surface area contributed by atoms with E-state index in [0.29, 0.717) is 0 Å². The molecule has 0 bridgehead atoms. The number of aromatic nitrogens is 4. The summed E-state index contributed by atoms with van der Waals surface area (Å²) in [7, 11) is 0. The zero-order valence-electron chi connectivity index (χ0n) is 37.7. The van der Waals surface area contributed by atoms with Crippen LogP contribution in [0.2, 0.25) is 0 Å². The molecule has 0 radical (unpaired) electrons. The van der Waals surface area contributed by atoms with Crippen molar-refractivity contribution in [2.24, 2.45) is 0 Å². The van der Waals surface area contributed by atoms with E-state index in [1.165, 1.54) is 240 Å². The van der Waals surface area contributed by atoms with Crippen LogP contribution in [0, 0.1) is 0 Å². The molecular formula is C54H82Br2N4. The lowest BCUT2D eigenvalue weighted by molar-refractivity contribution is -0.697. The molecule has 4 heterocycles. The molecule has 0 saturated heterocycles. The van der Waals surface area contributed by atoms with Crippen molar-refractivity contribution in [1.29, 1.82) is 0 Å². The molecule has 2 aliphatic carbocycles. The fraction of sp³-hybridized carbons (Fsp3) is 0.630. The summed E-state index contributed by atoms with van der Waals surface area (Å²) in [5.74, 6) is 0. The first-order chi connectivity index (χ1) is 29.3. The van der Waals surface area contributed by atoms with Gasteiger partial charge in [-0.05, 0) is 136 Å². The van der Waals surface area contributed by atoms with E-state index < -0.39 is 0 Å². The number of nitrogens with zero attached hydrogens (tertiary/aromatic N) is 4. The van der Waals surface area contributed by atoms with E-state index in [1.54, 1.807) is 11.1 Å². The molecule has 0 amide bonds. The van der Waals surface area contributed by atoms with Gasteiger partial charge in [0.15, 0.2) is 12.4 Å². The summed E-state index contributed by atoms with van der Waals surface area (Å²) in [4.78, 5) is 12.4. The summed E-state index contributed by atoms with van der Waals surface area (Å²) >= 11 is 3.48. The standard InChI is InChI=1S/C27H41N2.C18H30BrN.C9H11N.BrH/c1(2-4-6-8-10-15-25-16-14-20-28-23-25)3-5-7-9-13-21-29-22-19-26-17-11-12-18-27(26)24-29;19-15-11-9-7-5-3-1-2-4-6-8-10-13-18-14-12-16-20-17-18;1-2-4-9-7-10-6-5-8(9)3-1;/h14,16,19-20,22-24H,1-13,15,17-18,21H2;12,14,16-17H,1-11,13,15H2;5-7H,1-4H2;1H/q+1;;;/p-1. The van der Waals surface area contributed by atoms with Crippen LogP contribution >= 0.6 is 15.9 Å². The van der Waals surface area contributed by atoms with Gasteiger partial charge in [-0.1, -0.05) is 137 Å². The number of fused-ring (bicyclic) bond motifs is 2. The molecule has 0 aliphatic heterocycles. The molecule has 4 aromatic heterocycles. The normalized spacial score (nSPS) is 12.8. The number of halogens is 2. The number of hydrogen-bond donors (Lipinski definition) is 0. The number of alkyl halides is 1. The van der Waals surface area contributed by atoms with E-state index >= 15 is 0 Å². The largest absolute Gasteiger partial charge is 1.00 e. The van der Waals surface area contributed by atoms with Crippen LogP contribution in [0.15, 0.2) is 86.0 Å². The van der Waals surface area contributed by atoms with Crippen LogP contribution in [0.5, 0.6) is 0 Å². The van der Waals surface area contributed by atoms with Crippen molar-refractivity contribution in [3.63, 3.8) is 0 Å². The third-order valence-corrected chi connectivity index (χ3v) is 13.0. The first-order valence-electron chi connectivity index (χ1n) is 24.6. The van der Waals surface area contributed by atoms with Crippen molar-refractivity contribution in [2.45, 2.75) is 212 Å². The highest BCUT2D eigenvalue weighted by Gasteiger charge is 2.13. The van der Waals surface area contributed by atoms with E-state index in [1.807, 2.05) is 49.3 Å². The summed E-state index contributed by atoms with van der Waals surface area (Å²) in [5, 5.41) is 1.17. The van der Waals surface area contributed by atoms with Gasteiger partial charge in [0, 0.05) is 60.6 Å². The predicted molar refractivity (Wildman–Crippen MR) is 255 cm³/mol. The van der Waals surface area contributed by atoms with Crippen LogP contribution in [0.4, 0.5) is 0 Å². The van der Waals surface area contributed by atoms with Gasteiger partial charge in [-0.3, -0.25) is 15.0 Å². The van der Waals surface area contributed by atoms with Gasteiger partial charge in [0.25, 0.3) is 0 Å². The molecule has 6 heteroatoms. The van der Waals surface area contributed by atoms with Gasteiger partial charge in [0.1, 0.15) is 6.54 Å². The quantitative estimate of drug-likeness (QED) is 0.0340. The second kappa shape index (κ2) is 36.1. The Labute approximate surface area is 386 Å². The molecule has 6 rings (SSSR count). The Morgan fingerprint density at radius 2 is 0.833 bits per heavy atom. The van der Waals surface area contributed by atoms with Gasteiger partial charge in [-0.2, -0.15) is 0 Å². The molecule has 4 nitrogen and oxygen atoms in total. The minimum atomic E-state index is 0. The SMILES string of the molecule is BrCCCCCCCCCCCCCc1cccnc1.[Br-].c1cc2c(cn1)CCCC2.c1cncc(CCCCCCCCCCCCC[n+]2ccc3c(c2)CCCC3)c1. The summed E-state index contributed by atoms with van der Waals surface area (Å²) in [6.45, 7) is 1.20. The first kappa shape index (κ1) is 51.9. The summed E-state index contributed by atoms with van der Waals surface area (Å²) in [6, 6.07) is 13.0. The topological polar surface area (TPSA) is 42.6 Å². The summed E-state index contributed by atoms with van der Waals surface area (Å²) in [5.41, 5.74) is 8.96. The Morgan fingerprint density at radius 3 is 1.30 bits per heavy atom. The van der Waals surface area contributed by atoms with Crippen molar-refractivity contribution in [3.05, 3.63) is 119 Å². The van der Waals surface area contributed by atoms with Crippen LogP contribution in [-0.2, 0) is 45.1 Å². The number of rotatable bonds is 27. The van der Waals surface area contributed by atoms with E-state index in [0.717, 1.165) is 0 Å². The molecule has 2 aliphatic rings. The highest BCUT2D eigenvalue weighted by atomic mass is 79.9. The lowest BCUT2D eigenvalue weighted by Gasteiger charge is -2.13. The van der Waals surface area contributed by atoms with Crippen LogP contribution < -0.4 is 21.5 Å². The van der Waals surface area contributed by atoms with Crippen LogP contribution in [0.3, 0.4) is 0 Å². The molecule has 0 unspecified atom stereocenters. The zero-order chi connectivity index (χ0) is 41.1. The fourth-order valence-electron chi connectivity index (χ4n) is 8.73. The molecule has 0 atom stereocenters. The maximum atomic E-state index is 4.19. The minimum absolute atomic E-state index is 0. The number of unbranched alkanes of at least 4 members (excludes halogenated alkanes) is 20. The van der Waals surface area contributed by atoms with E-state index in [2.05, 4.69) is 72.1 Å². The predicted octanol–water partition coefficient (Wildman–Crippen LogP) is 12.1. The van der Waals surface area contributed by atoms with Crippen LogP contribution in [-0.4, -0.2) is 20.3 Å². The molecule has 0 spiro atoms. The Morgan fingerprint density at radius 1 is 0.417 bits per heavy atom. The van der Waals surface area contributed by atoms with Gasteiger partial charge in [-0.15, -0.1) is 0 Å². The van der Waals surface area contributed by atoms with E-state index in [-0.39, 0.29) is 17.0 Å². The monoisotopic (exact) mass is 944 g/mol. The molecular weight excluding hydrogens is 864 g/mol. The number of pyridine rings is 4. The van der Waals surface area contributed by atoms with Gasteiger partial charge in [0.2, 0.25) is 0 Å². The Kier molecular flexibility index (Phi) is 31.2. The van der Waals surface area contributed by atoms with Crippen molar-refractivity contribution in [2.75, 3.05) is 5.33 Å². The molecule has 0 N–H and O–H groups in total. The maximum Gasteiger partial charge on any atom is 0.172 e. The van der Waals surface area contributed by atoms with Gasteiger partial charge in [-0.25, -0.2) is 4.57 Å². The van der Waals surface area contributed by atoms with Gasteiger partial charge < -0.3 is 17.0 Å². The third kappa shape index (κ3) is 24.9. The second-order valence-electron chi connectivity index (χ2n) is 17.5. The average molecular weight is 947 g/mol. The van der Waals surface area contributed by atoms with Crippen molar-refractivity contribution >= 4 is 15.9 Å². The van der Waals surface area contributed by atoms with Crippen molar-refractivity contribution in [1.82, 2.24) is 15.0 Å². The first-order valence-corrected chi connectivity index (χ1v) is 25.7. The van der Waals surface area contributed by atoms with Crippen molar-refractivity contribution in [3.8, 4) is 0 Å². The molecule has 0 fully saturated rings. The highest BCUT2D eigenvalue weighted by molar-refractivity contribution is 9.09. The molecule has 332 valence electrons. The smallest absolute Gasteiger partial charge is 0.172 e. The van der Waals surface area contributed by atoms with Crippen LogP contribution in [0.25, 0.3) is 0 Å². The molecule has 0 saturated carbocycles. The van der Waals surface area contributed by atoms with Crippen molar-refractivity contribution < 1.29 is 21.5 Å². The average Bonchev–Trinajstić information content (AvgIpc) is 3.29. The van der Waals surface area contributed by atoms with Gasteiger partial charge >= 0.3 is 0 Å². The summed E-state index contributed by atoms with van der Waals surface area (Å²) < 4.78 is 2.43. The molecule has 4 aromatic rings. The number of hydrogen-bond acceptors (Lipinski definition) is 3. The van der Waals surface area contributed by atoms with Crippen LogP contribution in [0.1, 0.15) is 200 Å². The maximum absolute atomic E-state index is 4.19. The molecule has 0 aromatic carbocycles. The van der Waals surface area contributed by atoms with E-state index in [4.69, 9.17) is 0 Å². The highest BCUT2D eigenvalue weighted by Crippen LogP contribution is 2.20. The molecule has 60 heavy (non-hydrogen) atoms. The second-order valence-corrected chi connectivity index (χ2v) is 18.3. The zero-order valence-corrected chi connectivity index (χ0v) is 40.8. The lowest BCUT2D eigenvalue weighted by atomic mass is 9.93. The Hall–Kier alpha value is -2.44. The third-order valence-electron chi connectivity index (χ3n) is 12.4. The lowest BCUT2D eigenvalue weighted by Crippen LogP contribution is -3.00. The minimum Gasteiger partial charge on any atom is -1.00 e. The Bertz CT molecular complexity index is 1540. The summed E-state index contributed by atoms with van der Waals surface area (Å²) in [6.07, 6.45) is 60.1. The Balaban J connectivity index is 0.000000267. The van der Waals surface area contributed by atoms with Gasteiger partial charge in [0.05, 0.1) is 0 Å². The number of aryl methyl sites for hydroxylation is 7.